The minimum atomic E-state index is -0.577. The summed E-state index contributed by atoms with van der Waals surface area (Å²) >= 11 is 0. The van der Waals surface area contributed by atoms with Crippen molar-refractivity contribution < 1.29 is 14.3 Å². The Balaban J connectivity index is 2.93. The van der Waals surface area contributed by atoms with Gasteiger partial charge in [-0.25, -0.2) is 4.79 Å². The first-order chi connectivity index (χ1) is 9.81. The molecule has 2 atom stereocenters. The van der Waals surface area contributed by atoms with E-state index in [0.717, 1.165) is 12.1 Å². The third-order valence-corrected chi connectivity index (χ3v) is 3.96. The van der Waals surface area contributed by atoms with Crippen LogP contribution in [0.4, 0.5) is 4.79 Å². The highest BCUT2D eigenvalue weighted by atomic mass is 16.5. The lowest BCUT2D eigenvalue weighted by Crippen LogP contribution is -2.53. The van der Waals surface area contributed by atoms with Gasteiger partial charge in [-0.15, -0.1) is 0 Å². The molecule has 120 valence electrons. The minimum absolute atomic E-state index is 0.00738. The van der Waals surface area contributed by atoms with Crippen molar-refractivity contribution in [2.24, 2.45) is 16.8 Å². The fourth-order valence-corrected chi connectivity index (χ4v) is 2.61. The number of hydrogen-bond acceptors (Lipinski definition) is 4. The average Bonchev–Trinajstić information content (AvgIpc) is 2.87. The van der Waals surface area contributed by atoms with E-state index in [-0.39, 0.29) is 17.9 Å². The molecule has 1 aliphatic heterocycles. The molecule has 1 aliphatic rings. The number of ether oxygens (including phenoxy) is 1. The molecule has 2 amide bonds. The van der Waals surface area contributed by atoms with Crippen molar-refractivity contribution in [1.82, 2.24) is 10.2 Å². The highest BCUT2D eigenvalue weighted by molar-refractivity contribution is 5.96. The Kier molecular flexibility index (Phi) is 6.18. The van der Waals surface area contributed by atoms with Gasteiger partial charge in [0.15, 0.2) is 0 Å². The first kappa shape index (κ1) is 17.5. The van der Waals surface area contributed by atoms with Crippen molar-refractivity contribution in [3.63, 3.8) is 0 Å². The number of methoxy groups -OCH3 is 1. The highest BCUT2D eigenvalue weighted by Crippen LogP contribution is 2.24. The summed E-state index contributed by atoms with van der Waals surface area (Å²) in [5.41, 5.74) is 1.03. The summed E-state index contributed by atoms with van der Waals surface area (Å²) in [5, 5.41) is 2.64. The Bertz CT molecular complexity index is 418. The van der Waals surface area contributed by atoms with Crippen molar-refractivity contribution in [3.05, 3.63) is 0 Å². The molecular formula is C15H27N3O3. The number of hydrogen-bond donors (Lipinski definition) is 1. The molecule has 0 bridgehead atoms. The lowest BCUT2D eigenvalue weighted by molar-refractivity contribution is -0.135. The number of carbonyl (C=O) groups excluding carboxylic acids is 2. The van der Waals surface area contributed by atoms with Crippen LogP contribution in [0.5, 0.6) is 0 Å². The molecule has 0 radical (unpaired) electrons. The van der Waals surface area contributed by atoms with Gasteiger partial charge in [-0.05, 0) is 11.8 Å². The summed E-state index contributed by atoms with van der Waals surface area (Å²) in [6.45, 7) is 8.56. The molecule has 1 heterocycles. The first-order valence-corrected chi connectivity index (χ1v) is 7.41. The van der Waals surface area contributed by atoms with E-state index in [2.05, 4.69) is 28.9 Å². The van der Waals surface area contributed by atoms with Gasteiger partial charge in [-0.2, -0.15) is 0 Å². The zero-order chi connectivity index (χ0) is 16.2. The largest absolute Gasteiger partial charge is 0.453 e. The molecule has 0 aromatic heterocycles. The van der Waals surface area contributed by atoms with Crippen molar-refractivity contribution in [2.75, 3.05) is 20.7 Å². The van der Waals surface area contributed by atoms with Crippen molar-refractivity contribution >= 4 is 17.7 Å². The normalized spacial score (nSPS) is 22.0. The van der Waals surface area contributed by atoms with E-state index in [0.29, 0.717) is 12.5 Å². The summed E-state index contributed by atoms with van der Waals surface area (Å²) in [6, 6.07) is -0.438. The van der Waals surface area contributed by atoms with Gasteiger partial charge in [0.25, 0.3) is 0 Å². The van der Waals surface area contributed by atoms with Crippen molar-refractivity contribution in [2.45, 2.75) is 46.2 Å². The molecule has 1 saturated heterocycles. The number of nitrogens with one attached hydrogen (secondary N) is 1. The number of amides is 2. The maximum absolute atomic E-state index is 12.8. The van der Waals surface area contributed by atoms with Crippen LogP contribution in [0.3, 0.4) is 0 Å². The smallest absolute Gasteiger partial charge is 0.407 e. The molecule has 0 saturated carbocycles. The van der Waals surface area contributed by atoms with Gasteiger partial charge in [0.2, 0.25) is 5.91 Å². The average molecular weight is 297 g/mol. The summed E-state index contributed by atoms with van der Waals surface area (Å²) < 4.78 is 4.62. The lowest BCUT2D eigenvalue weighted by Gasteiger charge is -2.32. The van der Waals surface area contributed by atoms with Crippen LogP contribution in [-0.4, -0.2) is 55.4 Å². The molecule has 0 aliphatic carbocycles. The predicted molar refractivity (Wildman–Crippen MR) is 82.5 cm³/mol. The maximum atomic E-state index is 12.8. The Morgan fingerprint density at radius 3 is 2.38 bits per heavy atom. The standard InChI is InChI=1S/C15H27N3O3/c1-9(2)12-7-11(16-5)8-18(12)14(19)13(10(3)4)17-15(20)21-6/h9-10,12-13H,7-8H2,1-6H3,(H,17,20)/t12-,13-/m0/s1. The van der Waals surface area contributed by atoms with Gasteiger partial charge >= 0.3 is 6.09 Å². The van der Waals surface area contributed by atoms with Gasteiger partial charge < -0.3 is 15.0 Å². The Hall–Kier alpha value is -1.59. The fourth-order valence-electron chi connectivity index (χ4n) is 2.61. The molecular weight excluding hydrogens is 270 g/mol. The zero-order valence-electron chi connectivity index (χ0n) is 13.8. The van der Waals surface area contributed by atoms with E-state index >= 15 is 0 Å². The van der Waals surface area contributed by atoms with Gasteiger partial charge in [-0.1, -0.05) is 27.7 Å². The van der Waals surface area contributed by atoms with Crippen LogP contribution in [0.1, 0.15) is 34.1 Å². The highest BCUT2D eigenvalue weighted by Gasteiger charge is 2.38. The van der Waals surface area contributed by atoms with Crippen LogP contribution in [0.25, 0.3) is 0 Å². The van der Waals surface area contributed by atoms with Gasteiger partial charge in [0.05, 0.1) is 13.7 Å². The second kappa shape index (κ2) is 7.43. The van der Waals surface area contributed by atoms with Crippen LogP contribution in [-0.2, 0) is 9.53 Å². The fraction of sp³-hybridized carbons (Fsp3) is 0.800. The maximum Gasteiger partial charge on any atom is 0.407 e. The summed E-state index contributed by atoms with van der Waals surface area (Å²) in [4.78, 5) is 30.4. The summed E-state index contributed by atoms with van der Waals surface area (Å²) in [7, 11) is 3.05. The molecule has 0 aromatic rings. The van der Waals surface area contributed by atoms with E-state index in [4.69, 9.17) is 0 Å². The summed E-state index contributed by atoms with van der Waals surface area (Å²) in [5.74, 6) is 0.277. The van der Waals surface area contributed by atoms with E-state index in [1.807, 2.05) is 18.7 Å². The monoisotopic (exact) mass is 297 g/mol. The second-order valence-corrected chi connectivity index (χ2v) is 6.13. The molecule has 21 heavy (non-hydrogen) atoms. The Morgan fingerprint density at radius 1 is 1.33 bits per heavy atom. The SMILES string of the molecule is CN=C1C[C@@H](C(C)C)N(C(=O)[C@@H](NC(=O)OC)C(C)C)C1. The van der Waals surface area contributed by atoms with Gasteiger partial charge in [0, 0.05) is 25.2 Å². The second-order valence-electron chi connectivity index (χ2n) is 6.13. The number of likely N-dealkylation sites (tertiary alicyclic amines) is 1. The molecule has 6 heteroatoms. The number of alkyl carbamates (subject to hydrolysis) is 1. The number of aliphatic imine (C=N–C) groups is 1. The topological polar surface area (TPSA) is 71.0 Å². The predicted octanol–water partition coefficient (Wildman–Crippen LogP) is 1.69. The van der Waals surface area contributed by atoms with Gasteiger partial charge in [0.1, 0.15) is 6.04 Å². The molecule has 0 unspecified atom stereocenters. The van der Waals surface area contributed by atoms with Crippen LogP contribution in [0.2, 0.25) is 0 Å². The first-order valence-electron chi connectivity index (χ1n) is 7.41. The van der Waals surface area contributed by atoms with Crippen LogP contribution in [0.15, 0.2) is 4.99 Å². The van der Waals surface area contributed by atoms with Gasteiger partial charge in [-0.3, -0.25) is 9.79 Å². The quantitative estimate of drug-likeness (QED) is 0.858. The van der Waals surface area contributed by atoms with E-state index < -0.39 is 12.1 Å². The molecule has 1 fully saturated rings. The zero-order valence-corrected chi connectivity index (χ0v) is 13.8. The molecule has 0 aromatic carbocycles. The van der Waals surface area contributed by atoms with E-state index in [1.165, 1.54) is 7.11 Å². The van der Waals surface area contributed by atoms with Crippen LogP contribution >= 0.6 is 0 Å². The molecule has 6 nitrogen and oxygen atoms in total. The molecule has 1 N–H and O–H groups in total. The minimum Gasteiger partial charge on any atom is -0.453 e. The molecule has 1 rings (SSSR count). The van der Waals surface area contributed by atoms with Crippen molar-refractivity contribution in [1.29, 1.82) is 0 Å². The third-order valence-electron chi connectivity index (χ3n) is 3.96. The van der Waals surface area contributed by atoms with Crippen LogP contribution in [0, 0.1) is 11.8 Å². The Labute approximate surface area is 126 Å². The molecule has 0 spiro atoms. The number of nitrogens with zero attached hydrogens (tertiary/aromatic N) is 2. The van der Waals surface area contributed by atoms with Crippen molar-refractivity contribution in [3.8, 4) is 0 Å². The Morgan fingerprint density at radius 2 is 1.95 bits per heavy atom. The third kappa shape index (κ3) is 4.19. The van der Waals surface area contributed by atoms with E-state index in [9.17, 15) is 9.59 Å². The van der Waals surface area contributed by atoms with Crippen LogP contribution < -0.4 is 5.32 Å². The van der Waals surface area contributed by atoms with E-state index in [1.54, 1.807) is 7.05 Å². The number of rotatable bonds is 4. The summed E-state index contributed by atoms with van der Waals surface area (Å²) in [6.07, 6.45) is 0.231. The number of carbonyl (C=O) groups is 2. The lowest BCUT2D eigenvalue weighted by atomic mass is 9.98.